The van der Waals surface area contributed by atoms with E-state index in [0.29, 0.717) is 6.42 Å². The fourth-order valence-corrected chi connectivity index (χ4v) is 14.3. The molecule has 12 N–H and O–H groups in total. The van der Waals surface area contributed by atoms with Gasteiger partial charge in [-0.2, -0.15) is 0 Å². The van der Waals surface area contributed by atoms with Crippen LogP contribution in [-0.4, -0.2) is 193 Å². The van der Waals surface area contributed by atoms with Crippen LogP contribution in [0.15, 0.2) is 109 Å². The average molecular weight is 1560 g/mol. The lowest BCUT2D eigenvalue weighted by molar-refractivity contribution is -0.379. The maximum atomic E-state index is 13.5. The summed E-state index contributed by atoms with van der Waals surface area (Å²) in [5.74, 6) is -0.285. The first-order valence-electron chi connectivity index (χ1n) is 44.1. The zero-order chi connectivity index (χ0) is 79.5. The van der Waals surface area contributed by atoms with Crippen molar-refractivity contribution >= 4 is 5.91 Å². The number of hydrogen-bond acceptors (Lipinski definition) is 18. The van der Waals surface area contributed by atoms with Gasteiger partial charge in [-0.25, -0.2) is 0 Å². The molecule has 3 fully saturated rings. The fourth-order valence-electron chi connectivity index (χ4n) is 14.3. The Hall–Kier alpha value is -3.55. The molecule has 636 valence electrons. The molecule has 0 aliphatic carbocycles. The number of aliphatic hydroxyl groups is 11. The number of hydrogen-bond donors (Lipinski definition) is 12. The van der Waals surface area contributed by atoms with Gasteiger partial charge in [-0.1, -0.05) is 348 Å². The van der Waals surface area contributed by atoms with Gasteiger partial charge in [0.15, 0.2) is 18.9 Å². The van der Waals surface area contributed by atoms with Crippen LogP contribution in [0.4, 0.5) is 0 Å². The minimum atomic E-state index is -1.99. The summed E-state index contributed by atoms with van der Waals surface area (Å²) in [6, 6.07) is -0.988. The number of carbonyl (C=O) groups is 1. The molecule has 0 bridgehead atoms. The van der Waals surface area contributed by atoms with E-state index in [4.69, 9.17) is 28.4 Å². The molecule has 19 nitrogen and oxygen atoms in total. The summed E-state index contributed by atoms with van der Waals surface area (Å²) in [7, 11) is 0. The van der Waals surface area contributed by atoms with Crippen LogP contribution in [0.25, 0.3) is 0 Å². The number of allylic oxidation sites excluding steroid dienone is 17. The number of unbranched alkanes of at least 4 members (excludes halogenated alkanes) is 38. The molecule has 17 unspecified atom stereocenters. The second-order valence-electron chi connectivity index (χ2n) is 31.0. The molecule has 3 heterocycles. The van der Waals surface area contributed by atoms with Gasteiger partial charge in [0, 0.05) is 6.42 Å². The van der Waals surface area contributed by atoms with E-state index in [1.165, 1.54) is 186 Å². The quantitative estimate of drug-likeness (QED) is 0.0199. The number of amides is 1. The van der Waals surface area contributed by atoms with E-state index in [1.807, 2.05) is 6.08 Å². The maximum Gasteiger partial charge on any atom is 0.220 e. The Morgan fingerprint density at radius 1 is 0.336 bits per heavy atom. The highest BCUT2D eigenvalue weighted by Gasteiger charge is 2.54. The third kappa shape index (κ3) is 48.1. The zero-order valence-corrected chi connectivity index (χ0v) is 68.5. The number of carbonyl (C=O) groups excluding carboxylic acids is 1. The summed E-state index contributed by atoms with van der Waals surface area (Å²) in [5, 5.41) is 121. The summed E-state index contributed by atoms with van der Waals surface area (Å²) in [4.78, 5) is 13.5. The second kappa shape index (κ2) is 69.7. The van der Waals surface area contributed by atoms with Gasteiger partial charge in [-0.05, 0) is 83.5 Å². The van der Waals surface area contributed by atoms with E-state index in [9.17, 15) is 61.0 Å². The van der Waals surface area contributed by atoms with E-state index >= 15 is 0 Å². The van der Waals surface area contributed by atoms with Crippen molar-refractivity contribution in [2.24, 2.45) is 0 Å². The highest BCUT2D eigenvalue weighted by Crippen LogP contribution is 2.33. The Morgan fingerprint density at radius 2 is 0.627 bits per heavy atom. The predicted molar refractivity (Wildman–Crippen MR) is 443 cm³/mol. The molecule has 110 heavy (non-hydrogen) atoms. The number of nitrogens with one attached hydrogen (secondary N) is 1. The van der Waals surface area contributed by atoms with Crippen molar-refractivity contribution in [1.82, 2.24) is 5.32 Å². The minimum Gasteiger partial charge on any atom is -0.394 e. The van der Waals surface area contributed by atoms with E-state index in [2.05, 4.69) is 116 Å². The molecule has 3 saturated heterocycles. The summed E-state index contributed by atoms with van der Waals surface area (Å²) < 4.78 is 34.5. The highest BCUT2D eigenvalue weighted by molar-refractivity contribution is 5.76. The molecular formula is C91H159NO18. The van der Waals surface area contributed by atoms with Gasteiger partial charge in [0.05, 0.1) is 38.6 Å². The van der Waals surface area contributed by atoms with Gasteiger partial charge in [0.1, 0.15) is 73.2 Å². The topological polar surface area (TPSA) is 307 Å². The van der Waals surface area contributed by atoms with Crippen molar-refractivity contribution in [3.63, 3.8) is 0 Å². The molecule has 1 amide bonds. The first-order chi connectivity index (χ1) is 53.8. The molecule has 0 aromatic heterocycles. The minimum absolute atomic E-state index is 0.227. The third-order valence-electron chi connectivity index (χ3n) is 21.3. The molecular weight excluding hydrogens is 1390 g/mol. The molecule has 17 atom stereocenters. The van der Waals surface area contributed by atoms with Crippen LogP contribution in [0.3, 0.4) is 0 Å². The van der Waals surface area contributed by atoms with Crippen molar-refractivity contribution in [3.05, 3.63) is 109 Å². The van der Waals surface area contributed by atoms with Gasteiger partial charge in [0.2, 0.25) is 5.91 Å². The molecule has 0 saturated carbocycles. The predicted octanol–water partition coefficient (Wildman–Crippen LogP) is 16.5. The van der Waals surface area contributed by atoms with Crippen LogP contribution in [0.5, 0.6) is 0 Å². The van der Waals surface area contributed by atoms with Crippen molar-refractivity contribution in [2.75, 3.05) is 26.4 Å². The molecule has 3 rings (SSSR count). The van der Waals surface area contributed by atoms with Crippen molar-refractivity contribution in [3.8, 4) is 0 Å². The van der Waals surface area contributed by atoms with E-state index in [0.717, 1.165) is 116 Å². The monoisotopic (exact) mass is 1550 g/mol. The normalized spacial score (nSPS) is 25.7. The largest absolute Gasteiger partial charge is 0.394 e. The molecule has 19 heteroatoms. The summed E-state index contributed by atoms with van der Waals surface area (Å²) in [5.41, 5.74) is 0. The summed E-state index contributed by atoms with van der Waals surface area (Å²) in [6.45, 7) is 1.65. The van der Waals surface area contributed by atoms with Gasteiger partial charge >= 0.3 is 0 Å². The molecule has 0 aromatic rings. The Bertz CT molecular complexity index is 2410. The molecule has 0 aromatic carbocycles. The molecule has 0 spiro atoms. The van der Waals surface area contributed by atoms with Crippen LogP contribution in [-0.2, 0) is 33.2 Å². The Balaban J connectivity index is 1.35. The number of aliphatic hydroxyl groups excluding tert-OH is 11. The molecule has 3 aliphatic rings. The Morgan fingerprint density at radius 3 is 0.982 bits per heavy atom. The van der Waals surface area contributed by atoms with Gasteiger partial charge in [-0.3, -0.25) is 4.79 Å². The number of rotatable bonds is 70. The Kier molecular flexibility index (Phi) is 63.8. The van der Waals surface area contributed by atoms with Crippen molar-refractivity contribution < 1.29 is 89.4 Å². The lowest BCUT2D eigenvalue weighted by Gasteiger charge is -2.48. The highest BCUT2D eigenvalue weighted by atomic mass is 16.8. The van der Waals surface area contributed by atoms with E-state index < -0.39 is 124 Å². The maximum absolute atomic E-state index is 13.5. The Labute approximate surface area is 665 Å². The van der Waals surface area contributed by atoms with Crippen molar-refractivity contribution in [1.29, 1.82) is 0 Å². The van der Waals surface area contributed by atoms with Crippen LogP contribution >= 0.6 is 0 Å². The van der Waals surface area contributed by atoms with Gasteiger partial charge in [-0.15, -0.1) is 0 Å². The smallest absolute Gasteiger partial charge is 0.220 e. The second-order valence-corrected chi connectivity index (χ2v) is 31.0. The van der Waals surface area contributed by atoms with E-state index in [1.54, 1.807) is 6.08 Å². The van der Waals surface area contributed by atoms with Gasteiger partial charge < -0.3 is 89.9 Å². The van der Waals surface area contributed by atoms with Gasteiger partial charge in [0.25, 0.3) is 0 Å². The number of ether oxygens (including phenoxy) is 6. The molecule has 3 aliphatic heterocycles. The molecule has 0 radical (unpaired) electrons. The van der Waals surface area contributed by atoms with E-state index in [-0.39, 0.29) is 18.9 Å². The lowest BCUT2D eigenvalue weighted by atomic mass is 9.96. The fraction of sp³-hybridized carbons (Fsp3) is 0.791. The van der Waals surface area contributed by atoms with Crippen molar-refractivity contribution in [2.45, 2.75) is 433 Å². The standard InChI is InChI=1S/C91H159NO18/c1-3-5-7-9-11-13-15-17-19-21-23-25-27-29-31-33-35-37-39-41-43-45-47-49-51-53-55-57-59-61-63-65-67-69-79(97)92-74(75(96)68-66-64-62-60-58-56-54-52-50-48-46-44-42-40-38-36-34-32-30-28-26-24-22-20-18-16-14-12-10-8-6-4-2)73-105-89-85(103)82(100)87(77(71-94)107-89)110-91-86(104)83(101)88(78(72-95)108-91)109-90-84(102)81(99)80(98)76(70-93)106-90/h5,7,11,13,17,19,23,25,29,31,35,37,41,43,47,49,66,68,74-78,80-91,93-96,98-104H,3-4,6,8-10,12,14-16,18,20-22,24,26-28,30,32-34,36,38-40,42,44-46,48,50-65,67,69-73H2,1-2H3,(H,92,97)/b7-5-,13-11-,19-17-,25-23-,31-29-,37-35-,43-41-,49-47-,68-66+. The van der Waals surface area contributed by atoms with Crippen LogP contribution in [0, 0.1) is 0 Å². The average Bonchev–Trinajstić information content (AvgIpc) is 0.780. The zero-order valence-electron chi connectivity index (χ0n) is 68.5. The first-order valence-corrected chi connectivity index (χ1v) is 44.1. The van der Waals surface area contributed by atoms with Crippen LogP contribution in [0.1, 0.15) is 328 Å². The SMILES string of the molecule is CC/C=C\C/C=C\C/C=C\C/C=C\C/C=C\C/C=C\C/C=C\C/C=C\CCCCCCCCCCC(=O)NC(COC1OC(CO)C(OC2OC(CO)C(OC3OC(CO)C(O)C(O)C3O)C(O)C2O)C(O)C1O)C(O)/C=C/CCCCCCCCCCCCCCCCCCCCCCCCCCCCCCCC. The summed E-state index contributed by atoms with van der Waals surface area (Å²) >= 11 is 0. The van der Waals surface area contributed by atoms with Crippen LogP contribution < -0.4 is 5.32 Å². The third-order valence-corrected chi connectivity index (χ3v) is 21.3. The summed E-state index contributed by atoms with van der Waals surface area (Å²) in [6.07, 6.45) is 70.8. The van der Waals surface area contributed by atoms with Crippen LogP contribution in [0.2, 0.25) is 0 Å². The first kappa shape index (κ1) is 101. The lowest BCUT2D eigenvalue weighted by Crippen LogP contribution is -2.66.